The Morgan fingerprint density at radius 1 is 1.14 bits per heavy atom. The maximum absolute atomic E-state index is 4.35. The number of hydrogen-bond acceptors (Lipinski definition) is 2. The number of aromatic nitrogens is 2. The second kappa shape index (κ2) is 3.88. The van der Waals surface area contributed by atoms with Crippen molar-refractivity contribution in [3.8, 4) is 5.69 Å². The van der Waals surface area contributed by atoms with E-state index < -0.39 is 0 Å². The fraction of sp³-hybridized carbons (Fsp3) is 0.182. The van der Waals surface area contributed by atoms with Crippen LogP contribution in [0.2, 0.25) is 0 Å². The van der Waals surface area contributed by atoms with Crippen LogP contribution in [0.5, 0.6) is 0 Å². The predicted molar refractivity (Wildman–Crippen MR) is 60.1 cm³/mol. The third-order valence-electron chi connectivity index (χ3n) is 2.06. The van der Waals surface area contributed by atoms with Crippen molar-refractivity contribution in [2.24, 2.45) is 0 Å². The summed E-state index contributed by atoms with van der Waals surface area (Å²) in [7, 11) is 0. The summed E-state index contributed by atoms with van der Waals surface area (Å²) >= 11 is 1.75. The molecule has 0 spiro atoms. The molecule has 0 bridgehead atoms. The summed E-state index contributed by atoms with van der Waals surface area (Å²) in [6, 6.07) is 10.4. The molecule has 2 aromatic rings. The van der Waals surface area contributed by atoms with E-state index in [9.17, 15) is 0 Å². The second-order valence-electron chi connectivity index (χ2n) is 3.10. The van der Waals surface area contributed by atoms with Crippen LogP contribution < -0.4 is 0 Å². The molecule has 2 nitrogen and oxygen atoms in total. The molecule has 14 heavy (non-hydrogen) atoms. The quantitative estimate of drug-likeness (QED) is 0.700. The van der Waals surface area contributed by atoms with Gasteiger partial charge in [-0.25, -0.2) is 4.68 Å². The van der Waals surface area contributed by atoms with E-state index in [2.05, 4.69) is 35.6 Å². The molecule has 1 aromatic carbocycles. The first-order valence-corrected chi connectivity index (χ1v) is 5.69. The van der Waals surface area contributed by atoms with Crippen LogP contribution in [0.25, 0.3) is 5.69 Å². The topological polar surface area (TPSA) is 17.8 Å². The average molecular weight is 204 g/mol. The van der Waals surface area contributed by atoms with E-state index in [1.54, 1.807) is 11.8 Å². The molecule has 0 N–H and O–H groups in total. The van der Waals surface area contributed by atoms with Crippen LogP contribution in [-0.2, 0) is 0 Å². The molecule has 0 amide bonds. The summed E-state index contributed by atoms with van der Waals surface area (Å²) in [6.45, 7) is 1.99. The molecular weight excluding hydrogens is 192 g/mol. The van der Waals surface area contributed by atoms with Crippen molar-refractivity contribution in [3.05, 3.63) is 42.2 Å². The Morgan fingerprint density at radius 3 is 2.36 bits per heavy atom. The van der Waals surface area contributed by atoms with Crippen molar-refractivity contribution in [3.63, 3.8) is 0 Å². The zero-order chi connectivity index (χ0) is 9.97. The number of hydrogen-bond donors (Lipinski definition) is 0. The first-order valence-electron chi connectivity index (χ1n) is 4.46. The van der Waals surface area contributed by atoms with Crippen molar-refractivity contribution in [1.29, 1.82) is 0 Å². The minimum Gasteiger partial charge on any atom is -0.241 e. The fourth-order valence-corrected chi connectivity index (χ4v) is 1.70. The minimum atomic E-state index is 1.04. The zero-order valence-corrected chi connectivity index (χ0v) is 9.08. The predicted octanol–water partition coefficient (Wildman–Crippen LogP) is 2.90. The van der Waals surface area contributed by atoms with Crippen LogP contribution in [0.4, 0.5) is 0 Å². The van der Waals surface area contributed by atoms with Gasteiger partial charge in [0.05, 0.1) is 11.4 Å². The number of benzene rings is 1. The molecule has 0 fully saturated rings. The second-order valence-corrected chi connectivity index (χ2v) is 3.98. The van der Waals surface area contributed by atoms with Gasteiger partial charge < -0.3 is 0 Å². The van der Waals surface area contributed by atoms with Crippen molar-refractivity contribution in [2.75, 3.05) is 6.26 Å². The standard InChI is InChI=1S/C11H12N2S/c1-9-7-8-13(12-9)10-3-5-11(14-2)6-4-10/h3-8H,1-2H3. The Kier molecular flexibility index (Phi) is 2.59. The van der Waals surface area contributed by atoms with Crippen molar-refractivity contribution in [2.45, 2.75) is 11.8 Å². The third-order valence-corrected chi connectivity index (χ3v) is 2.80. The van der Waals surface area contributed by atoms with Crippen LogP contribution in [0, 0.1) is 6.92 Å². The molecule has 0 radical (unpaired) electrons. The monoisotopic (exact) mass is 204 g/mol. The molecular formula is C11H12N2S. The molecule has 2 rings (SSSR count). The van der Waals surface area contributed by atoms with Crippen molar-refractivity contribution >= 4 is 11.8 Å². The van der Waals surface area contributed by atoms with Crippen LogP contribution in [0.15, 0.2) is 41.4 Å². The molecule has 72 valence electrons. The van der Waals surface area contributed by atoms with Gasteiger partial charge in [0.15, 0.2) is 0 Å². The highest BCUT2D eigenvalue weighted by atomic mass is 32.2. The van der Waals surface area contributed by atoms with Crippen molar-refractivity contribution < 1.29 is 0 Å². The maximum Gasteiger partial charge on any atom is 0.0646 e. The summed E-state index contributed by atoms with van der Waals surface area (Å²) in [5.74, 6) is 0. The maximum atomic E-state index is 4.35. The fourth-order valence-electron chi connectivity index (χ4n) is 1.29. The molecule has 0 aliphatic carbocycles. The van der Waals surface area contributed by atoms with Gasteiger partial charge in [-0.15, -0.1) is 11.8 Å². The van der Waals surface area contributed by atoms with Gasteiger partial charge >= 0.3 is 0 Å². The summed E-state index contributed by atoms with van der Waals surface area (Å²) in [6.07, 6.45) is 4.05. The SMILES string of the molecule is CSc1ccc(-n2ccc(C)n2)cc1. The molecule has 0 aliphatic heterocycles. The van der Waals surface area contributed by atoms with E-state index in [4.69, 9.17) is 0 Å². The highest BCUT2D eigenvalue weighted by molar-refractivity contribution is 7.98. The summed E-state index contributed by atoms with van der Waals surface area (Å²) in [5, 5.41) is 4.35. The van der Waals surface area contributed by atoms with E-state index in [1.165, 1.54) is 4.90 Å². The molecule has 0 saturated heterocycles. The zero-order valence-electron chi connectivity index (χ0n) is 8.27. The van der Waals surface area contributed by atoms with Gasteiger partial charge in [0.1, 0.15) is 0 Å². The Morgan fingerprint density at radius 2 is 1.86 bits per heavy atom. The van der Waals surface area contributed by atoms with Gasteiger partial charge in [0.25, 0.3) is 0 Å². The summed E-state index contributed by atoms with van der Waals surface area (Å²) in [4.78, 5) is 1.28. The Hall–Kier alpha value is -1.22. The van der Waals surface area contributed by atoms with Gasteiger partial charge in [-0.1, -0.05) is 0 Å². The highest BCUT2D eigenvalue weighted by Crippen LogP contribution is 2.16. The first-order chi connectivity index (χ1) is 6.79. The summed E-state index contributed by atoms with van der Waals surface area (Å²) in [5.41, 5.74) is 2.15. The molecule has 3 heteroatoms. The number of aryl methyl sites for hydroxylation is 1. The number of nitrogens with zero attached hydrogens (tertiary/aromatic N) is 2. The van der Waals surface area contributed by atoms with Crippen LogP contribution in [-0.4, -0.2) is 16.0 Å². The van der Waals surface area contributed by atoms with Crippen molar-refractivity contribution in [1.82, 2.24) is 9.78 Å². The molecule has 0 aliphatic rings. The van der Waals surface area contributed by atoms with E-state index in [0.717, 1.165) is 11.4 Å². The third kappa shape index (κ3) is 1.82. The molecule has 0 unspecified atom stereocenters. The lowest BCUT2D eigenvalue weighted by Gasteiger charge is -2.01. The van der Waals surface area contributed by atoms with E-state index >= 15 is 0 Å². The molecule has 1 aromatic heterocycles. The Balaban J connectivity index is 2.33. The lowest BCUT2D eigenvalue weighted by Crippen LogP contribution is -1.94. The van der Waals surface area contributed by atoms with Gasteiger partial charge in [0, 0.05) is 11.1 Å². The lowest BCUT2D eigenvalue weighted by atomic mass is 10.3. The lowest BCUT2D eigenvalue weighted by molar-refractivity contribution is 0.861. The average Bonchev–Trinajstić information content (AvgIpc) is 2.65. The largest absolute Gasteiger partial charge is 0.241 e. The molecule has 1 heterocycles. The minimum absolute atomic E-state index is 1.04. The summed E-state index contributed by atoms with van der Waals surface area (Å²) < 4.78 is 1.89. The van der Waals surface area contributed by atoms with E-state index in [1.807, 2.05) is 23.9 Å². The smallest absolute Gasteiger partial charge is 0.0646 e. The Labute approximate surface area is 87.9 Å². The van der Waals surface area contributed by atoms with Gasteiger partial charge in [-0.3, -0.25) is 0 Å². The Bertz CT molecular complexity index is 417. The van der Waals surface area contributed by atoms with Crippen LogP contribution in [0.3, 0.4) is 0 Å². The van der Waals surface area contributed by atoms with Crippen LogP contribution >= 0.6 is 11.8 Å². The van der Waals surface area contributed by atoms with Gasteiger partial charge in [-0.2, -0.15) is 5.10 Å². The van der Waals surface area contributed by atoms with Crippen LogP contribution in [0.1, 0.15) is 5.69 Å². The number of rotatable bonds is 2. The molecule has 0 atom stereocenters. The first kappa shape index (κ1) is 9.34. The van der Waals surface area contributed by atoms with E-state index in [-0.39, 0.29) is 0 Å². The van der Waals surface area contributed by atoms with E-state index in [0.29, 0.717) is 0 Å². The molecule has 0 saturated carbocycles. The highest BCUT2D eigenvalue weighted by Gasteiger charge is 1.97. The van der Waals surface area contributed by atoms with Gasteiger partial charge in [0.2, 0.25) is 0 Å². The van der Waals surface area contributed by atoms with Gasteiger partial charge in [-0.05, 0) is 43.5 Å². The number of thioether (sulfide) groups is 1. The normalized spacial score (nSPS) is 10.4.